The number of nitrogens with one attached hydrogen (secondary N) is 1. The molecule has 0 atom stereocenters. The summed E-state index contributed by atoms with van der Waals surface area (Å²) in [5.74, 6) is 1.41. The molecule has 3 rings (SSSR count). The van der Waals surface area contributed by atoms with Crippen molar-refractivity contribution in [3.8, 4) is 5.75 Å². The van der Waals surface area contributed by atoms with Gasteiger partial charge in [0, 0.05) is 25.9 Å². The number of hydrogen-bond acceptors (Lipinski definition) is 4. The number of rotatable bonds is 5. The molecule has 1 aliphatic rings. The standard InChI is InChI=1S/C20H25N3O2/c1-23(2)19-18(9-6-14-21-19)22-20(24)15-10-12-17(13-11-15)25-16-7-4-3-5-8-16/h6,9-14,16H,3-5,7-8H2,1-2H3,(H,22,24). The molecule has 1 aromatic carbocycles. The minimum absolute atomic E-state index is 0.152. The summed E-state index contributed by atoms with van der Waals surface area (Å²) in [7, 11) is 3.80. The lowest BCUT2D eigenvalue weighted by molar-refractivity contribution is 0.102. The zero-order chi connectivity index (χ0) is 17.6. The highest BCUT2D eigenvalue weighted by Crippen LogP contribution is 2.24. The number of aromatic nitrogens is 1. The molecule has 0 bridgehead atoms. The Morgan fingerprint density at radius 3 is 2.52 bits per heavy atom. The molecule has 1 aliphatic carbocycles. The van der Waals surface area contributed by atoms with Gasteiger partial charge < -0.3 is 15.0 Å². The van der Waals surface area contributed by atoms with Crippen LogP contribution >= 0.6 is 0 Å². The van der Waals surface area contributed by atoms with Gasteiger partial charge in [-0.25, -0.2) is 4.98 Å². The van der Waals surface area contributed by atoms with Gasteiger partial charge in [-0.05, 0) is 62.1 Å². The number of nitrogens with zero attached hydrogens (tertiary/aromatic N) is 2. The molecular formula is C20H25N3O2. The Bertz CT molecular complexity index is 707. The molecule has 5 nitrogen and oxygen atoms in total. The molecule has 1 amide bonds. The second-order valence-electron chi connectivity index (χ2n) is 6.63. The van der Waals surface area contributed by atoms with Gasteiger partial charge in [0.15, 0.2) is 5.82 Å². The first-order valence-corrected chi connectivity index (χ1v) is 8.84. The molecular weight excluding hydrogens is 314 g/mol. The second kappa shape index (κ2) is 8.01. The molecule has 0 saturated heterocycles. The summed E-state index contributed by atoms with van der Waals surface area (Å²) < 4.78 is 6.01. The second-order valence-corrected chi connectivity index (χ2v) is 6.63. The monoisotopic (exact) mass is 339 g/mol. The van der Waals surface area contributed by atoms with Crippen LogP contribution in [0.2, 0.25) is 0 Å². The summed E-state index contributed by atoms with van der Waals surface area (Å²) >= 11 is 0. The van der Waals surface area contributed by atoms with Crippen molar-refractivity contribution in [2.24, 2.45) is 0 Å². The zero-order valence-corrected chi connectivity index (χ0v) is 14.9. The third-order valence-electron chi connectivity index (χ3n) is 4.43. The Balaban J connectivity index is 1.65. The molecule has 0 unspecified atom stereocenters. The highest BCUT2D eigenvalue weighted by Gasteiger charge is 2.15. The Morgan fingerprint density at radius 1 is 1.12 bits per heavy atom. The molecule has 5 heteroatoms. The van der Waals surface area contributed by atoms with Crippen molar-refractivity contribution in [2.75, 3.05) is 24.3 Å². The van der Waals surface area contributed by atoms with Gasteiger partial charge in [0.2, 0.25) is 0 Å². The SMILES string of the molecule is CN(C)c1ncccc1NC(=O)c1ccc(OC2CCCCC2)cc1. The van der Waals surface area contributed by atoms with Crippen molar-refractivity contribution >= 4 is 17.4 Å². The van der Waals surface area contributed by atoms with Crippen LogP contribution in [0.1, 0.15) is 42.5 Å². The minimum Gasteiger partial charge on any atom is -0.490 e. The lowest BCUT2D eigenvalue weighted by Crippen LogP contribution is -2.20. The van der Waals surface area contributed by atoms with Gasteiger partial charge in [-0.2, -0.15) is 0 Å². The van der Waals surface area contributed by atoms with Crippen LogP contribution in [0, 0.1) is 0 Å². The van der Waals surface area contributed by atoms with E-state index in [0.717, 1.165) is 24.4 Å². The predicted octanol–water partition coefficient (Wildman–Crippen LogP) is 4.11. The van der Waals surface area contributed by atoms with E-state index in [0.29, 0.717) is 17.4 Å². The summed E-state index contributed by atoms with van der Waals surface area (Å²) in [6.07, 6.45) is 8.05. The fourth-order valence-corrected chi connectivity index (χ4v) is 3.11. The molecule has 1 aromatic heterocycles. The fraction of sp³-hybridized carbons (Fsp3) is 0.400. The van der Waals surface area contributed by atoms with E-state index in [9.17, 15) is 4.79 Å². The van der Waals surface area contributed by atoms with Crippen molar-refractivity contribution in [2.45, 2.75) is 38.2 Å². The highest BCUT2D eigenvalue weighted by atomic mass is 16.5. The number of benzene rings is 1. The van der Waals surface area contributed by atoms with Crippen LogP contribution in [0.15, 0.2) is 42.6 Å². The van der Waals surface area contributed by atoms with Crippen LogP contribution < -0.4 is 15.0 Å². The van der Waals surface area contributed by atoms with Crippen molar-refractivity contribution in [3.05, 3.63) is 48.2 Å². The molecule has 1 heterocycles. The topological polar surface area (TPSA) is 54.5 Å². The van der Waals surface area contributed by atoms with E-state index in [1.165, 1.54) is 19.3 Å². The predicted molar refractivity (Wildman–Crippen MR) is 100 cm³/mol. The number of pyridine rings is 1. The molecule has 1 fully saturated rings. The summed E-state index contributed by atoms with van der Waals surface area (Å²) in [5.41, 5.74) is 1.30. The molecule has 1 saturated carbocycles. The van der Waals surface area contributed by atoms with Gasteiger partial charge in [0.05, 0.1) is 11.8 Å². The number of carbonyl (C=O) groups is 1. The van der Waals surface area contributed by atoms with E-state index < -0.39 is 0 Å². The molecule has 0 aliphatic heterocycles. The Labute approximate surface area is 149 Å². The minimum atomic E-state index is -0.152. The normalized spacial score (nSPS) is 14.8. The quantitative estimate of drug-likeness (QED) is 0.890. The lowest BCUT2D eigenvalue weighted by atomic mass is 9.98. The van der Waals surface area contributed by atoms with Gasteiger partial charge in [0.25, 0.3) is 5.91 Å². The van der Waals surface area contributed by atoms with Gasteiger partial charge in [0.1, 0.15) is 5.75 Å². The lowest BCUT2D eigenvalue weighted by Gasteiger charge is -2.23. The Morgan fingerprint density at radius 2 is 1.84 bits per heavy atom. The molecule has 132 valence electrons. The van der Waals surface area contributed by atoms with E-state index in [-0.39, 0.29) is 5.91 Å². The van der Waals surface area contributed by atoms with Crippen molar-refractivity contribution in [3.63, 3.8) is 0 Å². The first-order chi connectivity index (χ1) is 12.1. The molecule has 0 radical (unpaired) electrons. The van der Waals surface area contributed by atoms with Gasteiger partial charge in [-0.15, -0.1) is 0 Å². The third-order valence-corrected chi connectivity index (χ3v) is 4.43. The van der Waals surface area contributed by atoms with Gasteiger partial charge in [-0.1, -0.05) is 6.42 Å². The first-order valence-electron chi connectivity index (χ1n) is 8.84. The van der Waals surface area contributed by atoms with Crippen LogP contribution in [0.25, 0.3) is 0 Å². The van der Waals surface area contributed by atoms with Crippen molar-refractivity contribution in [1.82, 2.24) is 4.98 Å². The number of anilines is 2. The largest absolute Gasteiger partial charge is 0.490 e. The maximum atomic E-state index is 12.5. The first kappa shape index (κ1) is 17.3. The highest BCUT2D eigenvalue weighted by molar-refractivity contribution is 6.05. The van der Waals surface area contributed by atoms with Crippen LogP contribution in [0.3, 0.4) is 0 Å². The molecule has 0 spiro atoms. The smallest absolute Gasteiger partial charge is 0.255 e. The molecule has 1 N–H and O–H groups in total. The summed E-state index contributed by atoms with van der Waals surface area (Å²) in [6, 6.07) is 11.0. The maximum Gasteiger partial charge on any atom is 0.255 e. The molecule has 25 heavy (non-hydrogen) atoms. The summed E-state index contributed by atoms with van der Waals surface area (Å²) in [5, 5.41) is 2.93. The van der Waals surface area contributed by atoms with Gasteiger partial charge in [-0.3, -0.25) is 4.79 Å². The number of hydrogen-bond donors (Lipinski definition) is 1. The van der Waals surface area contributed by atoms with E-state index in [1.54, 1.807) is 18.3 Å². The van der Waals surface area contributed by atoms with E-state index in [4.69, 9.17) is 4.74 Å². The Kier molecular flexibility index (Phi) is 5.53. The number of ether oxygens (including phenoxy) is 1. The van der Waals surface area contributed by atoms with Crippen LogP contribution in [0.5, 0.6) is 5.75 Å². The van der Waals surface area contributed by atoms with Crippen LogP contribution in [0.4, 0.5) is 11.5 Å². The average molecular weight is 339 g/mol. The fourth-order valence-electron chi connectivity index (χ4n) is 3.11. The van der Waals surface area contributed by atoms with Crippen LogP contribution in [-0.2, 0) is 0 Å². The van der Waals surface area contributed by atoms with Crippen molar-refractivity contribution in [1.29, 1.82) is 0 Å². The Hall–Kier alpha value is -2.56. The van der Waals surface area contributed by atoms with E-state index >= 15 is 0 Å². The van der Waals surface area contributed by atoms with Crippen molar-refractivity contribution < 1.29 is 9.53 Å². The van der Waals surface area contributed by atoms with E-state index in [1.807, 2.05) is 43.3 Å². The maximum absolute atomic E-state index is 12.5. The van der Waals surface area contributed by atoms with Gasteiger partial charge >= 0.3 is 0 Å². The third kappa shape index (κ3) is 4.50. The summed E-state index contributed by atoms with van der Waals surface area (Å²) in [6.45, 7) is 0. The number of amides is 1. The average Bonchev–Trinajstić information content (AvgIpc) is 2.63. The zero-order valence-electron chi connectivity index (χ0n) is 14.9. The summed E-state index contributed by atoms with van der Waals surface area (Å²) in [4.78, 5) is 18.7. The number of carbonyl (C=O) groups excluding carboxylic acids is 1. The van der Waals surface area contributed by atoms with E-state index in [2.05, 4.69) is 10.3 Å². The molecule has 2 aromatic rings. The van der Waals surface area contributed by atoms with Crippen LogP contribution in [-0.4, -0.2) is 31.1 Å².